The van der Waals surface area contributed by atoms with Gasteiger partial charge in [-0.15, -0.1) is 0 Å². The highest BCUT2D eigenvalue weighted by molar-refractivity contribution is 5.31. The Kier molecular flexibility index (Phi) is 4.80. The monoisotopic (exact) mass is 264 g/mol. The lowest BCUT2D eigenvalue weighted by Crippen LogP contribution is -2.36. The van der Waals surface area contributed by atoms with Crippen molar-refractivity contribution in [3.8, 4) is 5.75 Å². The van der Waals surface area contributed by atoms with E-state index in [4.69, 9.17) is 15.3 Å². The van der Waals surface area contributed by atoms with Crippen molar-refractivity contribution in [1.29, 1.82) is 0 Å². The van der Waals surface area contributed by atoms with Crippen LogP contribution in [0.4, 0.5) is 0 Å². The van der Waals surface area contributed by atoms with E-state index in [1.807, 2.05) is 26.0 Å². The third-order valence-corrected chi connectivity index (χ3v) is 3.63. The second kappa shape index (κ2) is 6.37. The molecular weight excluding hydrogens is 240 g/mol. The fraction of sp³-hybridized carbons (Fsp3) is 0.600. The molecule has 4 nitrogen and oxygen atoms in total. The Morgan fingerprint density at radius 1 is 1.42 bits per heavy atom. The van der Waals surface area contributed by atoms with Crippen LogP contribution in [-0.4, -0.2) is 18.8 Å². The lowest BCUT2D eigenvalue weighted by Gasteiger charge is -2.26. The predicted octanol–water partition coefficient (Wildman–Crippen LogP) is 2.40. The molecule has 3 atom stereocenters. The number of hydrazine groups is 1. The number of nitrogens with two attached hydrogens (primary N) is 1. The van der Waals surface area contributed by atoms with Gasteiger partial charge in [0.2, 0.25) is 0 Å². The third-order valence-electron chi connectivity index (χ3n) is 3.63. The van der Waals surface area contributed by atoms with Crippen molar-refractivity contribution in [2.45, 2.75) is 45.4 Å². The van der Waals surface area contributed by atoms with Gasteiger partial charge in [-0.3, -0.25) is 11.3 Å². The Morgan fingerprint density at radius 2 is 2.21 bits per heavy atom. The Balaban J connectivity index is 2.18. The van der Waals surface area contributed by atoms with Gasteiger partial charge in [-0.1, -0.05) is 12.1 Å². The van der Waals surface area contributed by atoms with Crippen LogP contribution in [0.5, 0.6) is 5.75 Å². The Hall–Kier alpha value is -1.10. The van der Waals surface area contributed by atoms with Crippen molar-refractivity contribution in [3.63, 3.8) is 0 Å². The van der Waals surface area contributed by atoms with Crippen LogP contribution in [0.2, 0.25) is 0 Å². The smallest absolute Gasteiger partial charge is 0.120 e. The summed E-state index contributed by atoms with van der Waals surface area (Å²) in [6.07, 6.45) is 1.44. The van der Waals surface area contributed by atoms with E-state index in [-0.39, 0.29) is 18.2 Å². The van der Waals surface area contributed by atoms with Gasteiger partial charge in [0.05, 0.1) is 18.2 Å². The quantitative estimate of drug-likeness (QED) is 0.633. The molecule has 4 heteroatoms. The van der Waals surface area contributed by atoms with Crippen LogP contribution in [0, 0.1) is 5.92 Å². The average molecular weight is 264 g/mol. The maximum absolute atomic E-state index is 5.75. The van der Waals surface area contributed by atoms with Gasteiger partial charge in [0.15, 0.2) is 0 Å². The highest BCUT2D eigenvalue weighted by atomic mass is 16.5. The zero-order valence-corrected chi connectivity index (χ0v) is 11.9. The lowest BCUT2D eigenvalue weighted by molar-refractivity contribution is 0.0953. The molecule has 0 saturated carbocycles. The minimum atomic E-state index is 0.105. The molecule has 0 radical (unpaired) electrons. The topological polar surface area (TPSA) is 56.5 Å². The summed E-state index contributed by atoms with van der Waals surface area (Å²) < 4.78 is 11.4. The lowest BCUT2D eigenvalue weighted by atomic mass is 9.89. The standard InChI is InChI=1S/C15H24N2O2/c1-10(2)19-13-6-4-5-12(9-13)15(17-16)14-7-8-18-11(14)3/h4-6,9-11,14-15,17H,7-8,16H2,1-3H3. The van der Waals surface area contributed by atoms with Crippen LogP contribution in [0.25, 0.3) is 0 Å². The fourth-order valence-corrected chi connectivity index (χ4v) is 2.71. The van der Waals surface area contributed by atoms with E-state index in [1.165, 1.54) is 0 Å². The van der Waals surface area contributed by atoms with Crippen LogP contribution in [-0.2, 0) is 4.74 Å². The van der Waals surface area contributed by atoms with Crippen molar-refractivity contribution in [1.82, 2.24) is 5.43 Å². The molecule has 1 aliphatic heterocycles. The largest absolute Gasteiger partial charge is 0.491 e. The van der Waals surface area contributed by atoms with Crippen LogP contribution in [0.15, 0.2) is 24.3 Å². The first-order valence-electron chi connectivity index (χ1n) is 6.96. The number of benzene rings is 1. The van der Waals surface area contributed by atoms with Crippen LogP contribution in [0.1, 0.15) is 38.8 Å². The van der Waals surface area contributed by atoms with Gasteiger partial charge in [0, 0.05) is 12.5 Å². The molecule has 106 valence electrons. The summed E-state index contributed by atoms with van der Waals surface area (Å²) in [6.45, 7) is 6.97. The normalized spacial score (nSPS) is 24.7. The van der Waals surface area contributed by atoms with Gasteiger partial charge in [0.25, 0.3) is 0 Å². The zero-order chi connectivity index (χ0) is 13.8. The van der Waals surface area contributed by atoms with Crippen LogP contribution >= 0.6 is 0 Å². The van der Waals surface area contributed by atoms with E-state index >= 15 is 0 Å². The second-order valence-electron chi connectivity index (χ2n) is 5.41. The summed E-state index contributed by atoms with van der Waals surface area (Å²) in [7, 11) is 0. The Morgan fingerprint density at radius 3 is 2.79 bits per heavy atom. The molecule has 2 rings (SSSR count). The molecule has 1 aromatic carbocycles. The molecule has 1 fully saturated rings. The van der Waals surface area contributed by atoms with E-state index in [0.717, 1.165) is 24.3 Å². The average Bonchev–Trinajstić information content (AvgIpc) is 2.77. The van der Waals surface area contributed by atoms with Crippen molar-refractivity contribution >= 4 is 0 Å². The number of rotatable bonds is 5. The van der Waals surface area contributed by atoms with Crippen molar-refractivity contribution in [3.05, 3.63) is 29.8 Å². The molecule has 0 spiro atoms. The second-order valence-corrected chi connectivity index (χ2v) is 5.41. The van der Waals surface area contributed by atoms with Gasteiger partial charge in [-0.05, 0) is 44.9 Å². The van der Waals surface area contributed by atoms with Gasteiger partial charge in [-0.2, -0.15) is 0 Å². The molecule has 3 N–H and O–H groups in total. The molecule has 1 heterocycles. The van der Waals surface area contributed by atoms with Gasteiger partial charge < -0.3 is 9.47 Å². The van der Waals surface area contributed by atoms with Crippen molar-refractivity contribution in [2.75, 3.05) is 6.61 Å². The summed E-state index contributed by atoms with van der Waals surface area (Å²) in [5, 5.41) is 0. The first-order chi connectivity index (χ1) is 9.11. The van der Waals surface area contributed by atoms with Crippen LogP contribution in [0.3, 0.4) is 0 Å². The number of ether oxygens (including phenoxy) is 2. The maximum atomic E-state index is 5.75. The van der Waals surface area contributed by atoms with E-state index in [0.29, 0.717) is 5.92 Å². The van der Waals surface area contributed by atoms with E-state index in [1.54, 1.807) is 0 Å². The Bertz CT molecular complexity index is 409. The number of hydrogen-bond acceptors (Lipinski definition) is 4. The third kappa shape index (κ3) is 3.47. The highest BCUT2D eigenvalue weighted by Crippen LogP contribution is 2.33. The van der Waals surface area contributed by atoms with Crippen molar-refractivity contribution in [2.24, 2.45) is 11.8 Å². The molecule has 1 saturated heterocycles. The van der Waals surface area contributed by atoms with E-state index in [2.05, 4.69) is 24.5 Å². The molecule has 0 bridgehead atoms. The summed E-state index contributed by atoms with van der Waals surface area (Å²) in [5.41, 5.74) is 4.09. The fourth-order valence-electron chi connectivity index (χ4n) is 2.71. The minimum absolute atomic E-state index is 0.105. The molecular formula is C15H24N2O2. The molecule has 1 aromatic rings. The maximum Gasteiger partial charge on any atom is 0.120 e. The van der Waals surface area contributed by atoms with Crippen LogP contribution < -0.4 is 16.0 Å². The van der Waals surface area contributed by atoms with Crippen molar-refractivity contribution < 1.29 is 9.47 Å². The molecule has 3 unspecified atom stereocenters. The Labute approximate surface area is 115 Å². The molecule has 19 heavy (non-hydrogen) atoms. The summed E-state index contributed by atoms with van der Waals surface area (Å²) >= 11 is 0. The first kappa shape index (κ1) is 14.3. The SMILES string of the molecule is CC(C)Oc1cccc(C(NN)C2CCOC2C)c1. The minimum Gasteiger partial charge on any atom is -0.491 e. The highest BCUT2D eigenvalue weighted by Gasteiger charge is 2.32. The van der Waals surface area contributed by atoms with E-state index in [9.17, 15) is 0 Å². The van der Waals surface area contributed by atoms with E-state index < -0.39 is 0 Å². The molecule has 0 aliphatic carbocycles. The van der Waals surface area contributed by atoms with Gasteiger partial charge in [0.1, 0.15) is 5.75 Å². The number of nitrogens with one attached hydrogen (secondary N) is 1. The molecule has 0 amide bonds. The van der Waals surface area contributed by atoms with Gasteiger partial charge >= 0.3 is 0 Å². The van der Waals surface area contributed by atoms with Gasteiger partial charge in [-0.25, -0.2) is 0 Å². The summed E-state index contributed by atoms with van der Waals surface area (Å²) in [4.78, 5) is 0. The number of hydrogen-bond donors (Lipinski definition) is 2. The summed E-state index contributed by atoms with van der Waals surface area (Å²) in [6, 6.07) is 8.25. The molecule has 0 aromatic heterocycles. The zero-order valence-electron chi connectivity index (χ0n) is 11.9. The molecule has 1 aliphatic rings. The first-order valence-corrected chi connectivity index (χ1v) is 6.96. The predicted molar refractivity (Wildman–Crippen MR) is 75.8 cm³/mol. The summed E-state index contributed by atoms with van der Waals surface area (Å²) in [5.74, 6) is 7.04.